The van der Waals surface area contributed by atoms with Gasteiger partial charge in [-0.3, -0.25) is 4.99 Å². The predicted molar refractivity (Wildman–Crippen MR) is 105 cm³/mol. The quantitative estimate of drug-likeness (QED) is 0.430. The summed E-state index contributed by atoms with van der Waals surface area (Å²) < 4.78 is 5.13. The molecule has 0 amide bonds. The number of nitrogens with zero attached hydrogens (tertiary/aromatic N) is 2. The standard InChI is InChI=1S/C20H34N4O/c1-17-5-7-18(8-6-17)9-12-22-20(21-2)23-19-10-14-24(15-11-19)13-4-16-25-3/h5-8,19H,4,9-16H2,1-3H3,(H2,21,22,23). The van der Waals surface area contributed by atoms with E-state index in [2.05, 4.69) is 51.7 Å². The summed E-state index contributed by atoms with van der Waals surface area (Å²) in [6, 6.07) is 9.26. The first-order chi connectivity index (χ1) is 12.2. The number of hydrogen-bond donors (Lipinski definition) is 2. The van der Waals surface area contributed by atoms with Crippen molar-refractivity contribution in [2.75, 3.05) is 46.9 Å². The number of ether oxygens (including phenoxy) is 1. The molecule has 5 heteroatoms. The van der Waals surface area contributed by atoms with Crippen LogP contribution >= 0.6 is 0 Å². The molecule has 1 fully saturated rings. The van der Waals surface area contributed by atoms with Gasteiger partial charge in [0, 0.05) is 53.0 Å². The molecule has 0 aliphatic carbocycles. The van der Waals surface area contributed by atoms with E-state index >= 15 is 0 Å². The number of nitrogens with one attached hydrogen (secondary N) is 2. The first kappa shape index (κ1) is 19.7. The Morgan fingerprint density at radius 3 is 2.60 bits per heavy atom. The van der Waals surface area contributed by atoms with Crippen molar-refractivity contribution in [3.05, 3.63) is 35.4 Å². The first-order valence-corrected chi connectivity index (χ1v) is 9.45. The largest absolute Gasteiger partial charge is 0.385 e. The average Bonchev–Trinajstić information content (AvgIpc) is 2.64. The second-order valence-electron chi connectivity index (χ2n) is 6.84. The van der Waals surface area contributed by atoms with Gasteiger partial charge >= 0.3 is 0 Å². The van der Waals surface area contributed by atoms with Crippen molar-refractivity contribution >= 4 is 5.96 Å². The molecular weight excluding hydrogens is 312 g/mol. The van der Waals surface area contributed by atoms with Crippen LogP contribution in [0, 0.1) is 6.92 Å². The first-order valence-electron chi connectivity index (χ1n) is 9.45. The summed E-state index contributed by atoms with van der Waals surface area (Å²) in [7, 11) is 3.62. The molecule has 0 saturated carbocycles. The van der Waals surface area contributed by atoms with E-state index in [4.69, 9.17) is 4.74 Å². The van der Waals surface area contributed by atoms with E-state index in [0.717, 1.165) is 51.6 Å². The van der Waals surface area contributed by atoms with Crippen molar-refractivity contribution in [2.24, 2.45) is 4.99 Å². The van der Waals surface area contributed by atoms with Crippen molar-refractivity contribution in [2.45, 2.75) is 38.6 Å². The van der Waals surface area contributed by atoms with Crippen LogP contribution in [0.4, 0.5) is 0 Å². The van der Waals surface area contributed by atoms with E-state index in [1.54, 1.807) is 7.11 Å². The van der Waals surface area contributed by atoms with Crippen LogP contribution in [-0.4, -0.2) is 63.8 Å². The van der Waals surface area contributed by atoms with Crippen molar-refractivity contribution < 1.29 is 4.74 Å². The average molecular weight is 347 g/mol. The Balaban J connectivity index is 1.64. The van der Waals surface area contributed by atoms with Gasteiger partial charge in [0.05, 0.1) is 0 Å². The van der Waals surface area contributed by atoms with Crippen LogP contribution in [0.1, 0.15) is 30.4 Å². The minimum atomic E-state index is 0.518. The van der Waals surface area contributed by atoms with E-state index in [9.17, 15) is 0 Å². The molecule has 1 aliphatic rings. The van der Waals surface area contributed by atoms with Crippen LogP contribution in [0.5, 0.6) is 0 Å². The third-order valence-electron chi connectivity index (χ3n) is 4.80. The summed E-state index contributed by atoms with van der Waals surface area (Å²) >= 11 is 0. The lowest BCUT2D eigenvalue weighted by Gasteiger charge is -2.33. The molecule has 2 N–H and O–H groups in total. The minimum absolute atomic E-state index is 0.518. The fourth-order valence-corrected chi connectivity index (χ4v) is 3.20. The van der Waals surface area contributed by atoms with Gasteiger partial charge in [0.25, 0.3) is 0 Å². The Bertz CT molecular complexity index is 507. The SMILES string of the molecule is CN=C(NCCc1ccc(C)cc1)NC1CCN(CCCOC)CC1. The van der Waals surface area contributed by atoms with Crippen molar-refractivity contribution in [3.63, 3.8) is 0 Å². The zero-order valence-corrected chi connectivity index (χ0v) is 16.1. The molecule has 1 aromatic carbocycles. The Kier molecular flexibility index (Phi) is 8.77. The molecule has 1 aliphatic heterocycles. The van der Waals surface area contributed by atoms with E-state index in [1.165, 1.54) is 24.0 Å². The van der Waals surface area contributed by atoms with Gasteiger partial charge in [0.2, 0.25) is 0 Å². The summed E-state index contributed by atoms with van der Waals surface area (Å²) in [5, 5.41) is 7.02. The predicted octanol–water partition coefficient (Wildman–Crippen LogP) is 2.20. The third kappa shape index (κ3) is 7.45. The highest BCUT2D eigenvalue weighted by molar-refractivity contribution is 5.79. The van der Waals surface area contributed by atoms with E-state index in [0.29, 0.717) is 6.04 Å². The molecule has 5 nitrogen and oxygen atoms in total. The molecule has 0 unspecified atom stereocenters. The molecular formula is C20H34N4O. The Hall–Kier alpha value is -1.59. The summed E-state index contributed by atoms with van der Waals surface area (Å²) in [6.07, 6.45) is 4.48. The van der Waals surface area contributed by atoms with Crippen LogP contribution < -0.4 is 10.6 Å². The van der Waals surface area contributed by atoms with Gasteiger partial charge in [-0.1, -0.05) is 29.8 Å². The second kappa shape index (κ2) is 11.1. The Morgan fingerprint density at radius 1 is 1.24 bits per heavy atom. The van der Waals surface area contributed by atoms with Crippen LogP contribution in [-0.2, 0) is 11.2 Å². The summed E-state index contributed by atoms with van der Waals surface area (Å²) in [5.74, 6) is 0.921. The van der Waals surface area contributed by atoms with Crippen molar-refractivity contribution in [3.8, 4) is 0 Å². The normalized spacial score (nSPS) is 16.8. The number of aliphatic imine (C=N–C) groups is 1. The van der Waals surface area contributed by atoms with Crippen LogP contribution in [0.3, 0.4) is 0 Å². The summed E-state index contributed by atoms with van der Waals surface area (Å²) in [6.45, 7) is 7.33. The minimum Gasteiger partial charge on any atom is -0.385 e. The molecule has 25 heavy (non-hydrogen) atoms. The maximum atomic E-state index is 5.13. The van der Waals surface area contributed by atoms with Gasteiger partial charge in [-0.05, 0) is 38.2 Å². The molecule has 0 bridgehead atoms. The van der Waals surface area contributed by atoms with Crippen molar-refractivity contribution in [1.82, 2.24) is 15.5 Å². The number of likely N-dealkylation sites (tertiary alicyclic amines) is 1. The van der Waals surface area contributed by atoms with Gasteiger partial charge in [-0.2, -0.15) is 0 Å². The maximum Gasteiger partial charge on any atom is 0.191 e. The molecule has 140 valence electrons. The monoisotopic (exact) mass is 346 g/mol. The van der Waals surface area contributed by atoms with E-state index in [-0.39, 0.29) is 0 Å². The number of hydrogen-bond acceptors (Lipinski definition) is 3. The molecule has 1 heterocycles. The number of methoxy groups -OCH3 is 1. The molecule has 0 aromatic heterocycles. The highest BCUT2D eigenvalue weighted by Gasteiger charge is 2.19. The van der Waals surface area contributed by atoms with Crippen LogP contribution in [0.2, 0.25) is 0 Å². The smallest absolute Gasteiger partial charge is 0.191 e. The lowest BCUT2D eigenvalue weighted by molar-refractivity contribution is 0.155. The highest BCUT2D eigenvalue weighted by atomic mass is 16.5. The molecule has 0 spiro atoms. The van der Waals surface area contributed by atoms with Gasteiger partial charge < -0.3 is 20.3 Å². The Morgan fingerprint density at radius 2 is 1.96 bits per heavy atom. The third-order valence-corrected chi connectivity index (χ3v) is 4.80. The van der Waals surface area contributed by atoms with Crippen LogP contribution in [0.15, 0.2) is 29.3 Å². The number of piperidine rings is 1. The van der Waals surface area contributed by atoms with Gasteiger partial charge in [0.1, 0.15) is 0 Å². The topological polar surface area (TPSA) is 48.9 Å². The number of rotatable bonds is 8. The fourth-order valence-electron chi connectivity index (χ4n) is 3.20. The van der Waals surface area contributed by atoms with Gasteiger partial charge in [-0.25, -0.2) is 0 Å². The lowest BCUT2D eigenvalue weighted by atomic mass is 10.1. The molecule has 2 rings (SSSR count). The van der Waals surface area contributed by atoms with Gasteiger partial charge in [0.15, 0.2) is 5.96 Å². The summed E-state index contributed by atoms with van der Waals surface area (Å²) in [5.41, 5.74) is 2.67. The number of guanidine groups is 1. The van der Waals surface area contributed by atoms with E-state index < -0.39 is 0 Å². The molecule has 0 atom stereocenters. The zero-order chi connectivity index (χ0) is 17.9. The number of aryl methyl sites for hydroxylation is 1. The molecule has 1 saturated heterocycles. The highest BCUT2D eigenvalue weighted by Crippen LogP contribution is 2.10. The second-order valence-corrected chi connectivity index (χ2v) is 6.84. The molecule has 1 aromatic rings. The lowest BCUT2D eigenvalue weighted by Crippen LogP contribution is -2.49. The summed E-state index contributed by atoms with van der Waals surface area (Å²) in [4.78, 5) is 6.90. The van der Waals surface area contributed by atoms with Crippen LogP contribution in [0.25, 0.3) is 0 Å². The maximum absolute atomic E-state index is 5.13. The molecule has 0 radical (unpaired) electrons. The number of benzene rings is 1. The Labute approximate surface area is 152 Å². The zero-order valence-electron chi connectivity index (χ0n) is 16.1. The fraction of sp³-hybridized carbons (Fsp3) is 0.650. The van der Waals surface area contributed by atoms with E-state index in [1.807, 2.05) is 7.05 Å². The van der Waals surface area contributed by atoms with Crippen molar-refractivity contribution in [1.29, 1.82) is 0 Å². The van der Waals surface area contributed by atoms with Gasteiger partial charge in [-0.15, -0.1) is 0 Å².